The van der Waals surface area contributed by atoms with Gasteiger partial charge in [-0.25, -0.2) is 8.42 Å². The average Bonchev–Trinajstić information content (AvgIpc) is 2.78. The molecule has 31 heavy (non-hydrogen) atoms. The Morgan fingerprint density at radius 2 is 1.71 bits per heavy atom. The van der Waals surface area contributed by atoms with Crippen LogP contribution in [0.2, 0.25) is 0 Å². The number of ether oxygens (including phenoxy) is 1. The Hall–Kier alpha value is -3.36. The van der Waals surface area contributed by atoms with Crippen LogP contribution >= 0.6 is 0 Å². The van der Waals surface area contributed by atoms with E-state index in [2.05, 4.69) is 0 Å². The molecule has 3 aromatic rings. The van der Waals surface area contributed by atoms with E-state index in [1.165, 1.54) is 16.4 Å². The van der Waals surface area contributed by atoms with E-state index in [-0.39, 0.29) is 23.9 Å². The molecule has 0 amide bonds. The highest BCUT2D eigenvalue weighted by molar-refractivity contribution is 7.92. The summed E-state index contributed by atoms with van der Waals surface area (Å²) in [5, 5.41) is 16.9. The van der Waals surface area contributed by atoms with Crippen LogP contribution in [0, 0.1) is 5.41 Å². The Bertz CT molecular complexity index is 1120. The topological polar surface area (TPSA) is 117 Å². The largest absolute Gasteiger partial charge is 0.493 e. The average molecular weight is 440 g/mol. The monoisotopic (exact) mass is 439 g/mol. The fourth-order valence-electron chi connectivity index (χ4n) is 3.06. The molecule has 0 saturated heterocycles. The van der Waals surface area contributed by atoms with Crippen molar-refractivity contribution in [3.05, 3.63) is 90.0 Å². The van der Waals surface area contributed by atoms with Crippen molar-refractivity contribution in [1.29, 1.82) is 5.41 Å². The predicted molar refractivity (Wildman–Crippen MR) is 121 cm³/mol. The minimum absolute atomic E-state index is 0.0255. The molecule has 0 aromatic heterocycles. The first kappa shape index (κ1) is 22.3. The molecule has 0 aliphatic rings. The van der Waals surface area contributed by atoms with Crippen molar-refractivity contribution in [2.75, 3.05) is 24.1 Å². The van der Waals surface area contributed by atoms with Gasteiger partial charge in [-0.15, -0.1) is 0 Å². The summed E-state index contributed by atoms with van der Waals surface area (Å²) in [6.45, 7) is 0.0187. The van der Waals surface area contributed by atoms with Gasteiger partial charge in [0.15, 0.2) is 0 Å². The molecule has 0 aliphatic carbocycles. The van der Waals surface area contributed by atoms with Gasteiger partial charge in [-0.1, -0.05) is 48.5 Å². The Morgan fingerprint density at radius 1 is 1.00 bits per heavy atom. The van der Waals surface area contributed by atoms with Crippen molar-refractivity contribution in [2.45, 2.75) is 11.3 Å². The van der Waals surface area contributed by atoms with Gasteiger partial charge in [0.1, 0.15) is 11.6 Å². The first-order valence-corrected chi connectivity index (χ1v) is 11.2. The lowest BCUT2D eigenvalue weighted by molar-refractivity contribution is 0.306. The van der Waals surface area contributed by atoms with Crippen molar-refractivity contribution >= 4 is 21.5 Å². The van der Waals surface area contributed by atoms with E-state index >= 15 is 0 Å². The maximum absolute atomic E-state index is 13.1. The van der Waals surface area contributed by atoms with Crippen molar-refractivity contribution in [3.63, 3.8) is 0 Å². The molecule has 3 aromatic carbocycles. The highest BCUT2D eigenvalue weighted by Crippen LogP contribution is 2.27. The maximum atomic E-state index is 13.1. The standard InChI is InChI=1S/C23H25N3O4S/c24-23(25)19-11-9-18(10-12-19)13-16-30-21-6-4-5-20(17-21)26(14-15-27)31(28,29)22-7-2-1-3-8-22/h1-12,17,27H,13-16H2,(H3,24,25). The fraction of sp³-hybridized carbons (Fsp3) is 0.174. The van der Waals surface area contributed by atoms with Gasteiger partial charge in [0.2, 0.25) is 0 Å². The molecule has 0 unspecified atom stereocenters. The summed E-state index contributed by atoms with van der Waals surface area (Å²) in [5.74, 6) is 0.557. The number of hydrogen-bond donors (Lipinski definition) is 3. The van der Waals surface area contributed by atoms with Crippen molar-refractivity contribution in [1.82, 2.24) is 0 Å². The van der Waals surface area contributed by atoms with Crippen molar-refractivity contribution in [2.24, 2.45) is 5.73 Å². The molecule has 8 heteroatoms. The number of nitrogen functional groups attached to an aromatic ring is 1. The van der Waals surface area contributed by atoms with Crippen LogP contribution in [-0.2, 0) is 16.4 Å². The molecule has 0 spiro atoms. The second-order valence-electron chi connectivity index (χ2n) is 6.82. The molecule has 0 bridgehead atoms. The number of aliphatic hydroxyl groups is 1. The van der Waals surface area contributed by atoms with Crippen LogP contribution in [0.15, 0.2) is 83.8 Å². The van der Waals surface area contributed by atoms with Gasteiger partial charge in [-0.2, -0.15) is 0 Å². The van der Waals surface area contributed by atoms with Crippen molar-refractivity contribution in [3.8, 4) is 5.75 Å². The molecule has 4 N–H and O–H groups in total. The van der Waals surface area contributed by atoms with Crippen LogP contribution in [0.3, 0.4) is 0 Å². The zero-order chi connectivity index (χ0) is 22.3. The summed E-state index contributed by atoms with van der Waals surface area (Å²) in [6.07, 6.45) is 0.644. The molecule has 0 saturated carbocycles. The molecule has 0 aliphatic heterocycles. The van der Waals surface area contributed by atoms with Gasteiger partial charge in [0, 0.05) is 18.1 Å². The first-order valence-electron chi connectivity index (χ1n) is 9.76. The highest BCUT2D eigenvalue weighted by atomic mass is 32.2. The van der Waals surface area contributed by atoms with Crippen LogP contribution in [0.25, 0.3) is 0 Å². The van der Waals surface area contributed by atoms with Crippen LogP contribution in [0.4, 0.5) is 5.69 Å². The van der Waals surface area contributed by atoms with E-state index in [0.717, 1.165) is 5.56 Å². The van der Waals surface area contributed by atoms with Gasteiger partial charge in [-0.3, -0.25) is 9.71 Å². The normalized spacial score (nSPS) is 11.1. The molecule has 0 heterocycles. The smallest absolute Gasteiger partial charge is 0.264 e. The number of anilines is 1. The molecular formula is C23H25N3O4S. The third kappa shape index (κ3) is 5.62. The second-order valence-corrected chi connectivity index (χ2v) is 8.68. The summed E-state index contributed by atoms with van der Waals surface area (Å²) in [7, 11) is -3.82. The van der Waals surface area contributed by atoms with Gasteiger partial charge >= 0.3 is 0 Å². The number of aliphatic hydroxyl groups excluding tert-OH is 1. The number of nitrogens with one attached hydrogen (secondary N) is 1. The van der Waals surface area contributed by atoms with Crippen molar-refractivity contribution < 1.29 is 18.3 Å². The third-order valence-electron chi connectivity index (χ3n) is 4.66. The molecule has 0 fully saturated rings. The van der Waals surface area contributed by atoms with Crippen LogP contribution < -0.4 is 14.8 Å². The molecule has 7 nitrogen and oxygen atoms in total. The van der Waals surface area contributed by atoms with E-state index in [1.807, 2.05) is 12.1 Å². The van der Waals surface area contributed by atoms with Gasteiger partial charge in [0.25, 0.3) is 10.0 Å². The van der Waals surface area contributed by atoms with E-state index in [9.17, 15) is 13.5 Å². The van der Waals surface area contributed by atoms with E-state index in [4.69, 9.17) is 15.9 Å². The van der Waals surface area contributed by atoms with Gasteiger partial charge in [0.05, 0.1) is 30.3 Å². The van der Waals surface area contributed by atoms with Crippen LogP contribution in [-0.4, -0.2) is 39.1 Å². The van der Waals surface area contributed by atoms with E-state index in [0.29, 0.717) is 30.0 Å². The summed E-state index contributed by atoms with van der Waals surface area (Å²) >= 11 is 0. The summed E-state index contributed by atoms with van der Waals surface area (Å²) in [5.41, 5.74) is 7.59. The zero-order valence-corrected chi connectivity index (χ0v) is 17.8. The minimum atomic E-state index is -3.82. The summed E-state index contributed by atoms with van der Waals surface area (Å²) in [6, 6.07) is 22.3. The lowest BCUT2D eigenvalue weighted by Gasteiger charge is -2.24. The highest BCUT2D eigenvalue weighted by Gasteiger charge is 2.24. The van der Waals surface area contributed by atoms with Crippen LogP contribution in [0.1, 0.15) is 11.1 Å². The third-order valence-corrected chi connectivity index (χ3v) is 6.51. The fourth-order valence-corrected chi connectivity index (χ4v) is 4.53. The Balaban J connectivity index is 1.72. The first-order chi connectivity index (χ1) is 14.9. The lowest BCUT2D eigenvalue weighted by Crippen LogP contribution is -2.33. The van der Waals surface area contributed by atoms with Gasteiger partial charge in [-0.05, 0) is 29.8 Å². The SMILES string of the molecule is N=C(N)c1ccc(CCOc2cccc(N(CCO)S(=O)(=O)c3ccccc3)c2)cc1. The predicted octanol–water partition coefficient (Wildman–Crippen LogP) is 2.78. The number of nitrogens with two attached hydrogens (primary N) is 1. The quantitative estimate of drug-likeness (QED) is 0.332. The molecule has 0 atom stereocenters. The Labute approximate surface area is 182 Å². The van der Waals surface area contributed by atoms with E-state index in [1.54, 1.807) is 54.6 Å². The number of benzene rings is 3. The maximum Gasteiger partial charge on any atom is 0.264 e. The molecule has 162 valence electrons. The number of nitrogens with zero attached hydrogens (tertiary/aromatic N) is 1. The second kappa shape index (κ2) is 10.1. The van der Waals surface area contributed by atoms with E-state index < -0.39 is 10.0 Å². The van der Waals surface area contributed by atoms with Crippen LogP contribution in [0.5, 0.6) is 5.75 Å². The molecule has 0 radical (unpaired) electrons. The Morgan fingerprint density at radius 3 is 2.35 bits per heavy atom. The number of amidine groups is 1. The number of rotatable bonds is 10. The van der Waals surface area contributed by atoms with Gasteiger partial charge < -0.3 is 15.6 Å². The summed E-state index contributed by atoms with van der Waals surface area (Å²) < 4.78 is 33.1. The molecular weight excluding hydrogens is 414 g/mol. The minimum Gasteiger partial charge on any atom is -0.493 e. The lowest BCUT2D eigenvalue weighted by atomic mass is 10.1. The molecule has 3 rings (SSSR count). The summed E-state index contributed by atoms with van der Waals surface area (Å²) in [4.78, 5) is 0.156. The number of hydrogen-bond acceptors (Lipinski definition) is 5. The number of sulfonamides is 1. The zero-order valence-electron chi connectivity index (χ0n) is 16.9. The Kier molecular flexibility index (Phi) is 7.28.